The standard InChI is InChI=1S/C10H13IN2Si/c1-14(2,3)13-7-5-8-9(11)4-6-12-10(8)13/h4-7H,1-3H3. The van der Waals surface area contributed by atoms with Crippen LogP contribution in [0, 0.1) is 3.57 Å². The Morgan fingerprint density at radius 2 is 2.00 bits per heavy atom. The molecule has 0 atom stereocenters. The van der Waals surface area contributed by atoms with Gasteiger partial charge in [0.2, 0.25) is 0 Å². The second-order valence-electron chi connectivity index (χ2n) is 4.39. The van der Waals surface area contributed by atoms with Gasteiger partial charge in [0, 0.05) is 15.2 Å². The molecule has 74 valence electrons. The number of pyridine rings is 1. The van der Waals surface area contributed by atoms with E-state index in [9.17, 15) is 0 Å². The van der Waals surface area contributed by atoms with Gasteiger partial charge >= 0.3 is 0 Å². The molecule has 0 radical (unpaired) electrons. The van der Waals surface area contributed by atoms with Crippen LogP contribution in [-0.4, -0.2) is 17.5 Å². The van der Waals surface area contributed by atoms with Crippen LogP contribution in [0.15, 0.2) is 24.5 Å². The van der Waals surface area contributed by atoms with Crippen molar-refractivity contribution in [2.75, 3.05) is 0 Å². The molecule has 0 aliphatic carbocycles. The zero-order valence-electron chi connectivity index (χ0n) is 8.58. The lowest BCUT2D eigenvalue weighted by Crippen LogP contribution is -2.31. The first kappa shape index (κ1) is 10.2. The summed E-state index contributed by atoms with van der Waals surface area (Å²) in [4.78, 5) is 4.46. The fourth-order valence-corrected chi connectivity index (χ4v) is 3.46. The maximum absolute atomic E-state index is 4.46. The van der Waals surface area contributed by atoms with Crippen molar-refractivity contribution in [3.05, 3.63) is 28.1 Å². The Hall–Kier alpha value is -0.363. The minimum atomic E-state index is -1.32. The maximum Gasteiger partial charge on any atom is 0.154 e. The molecule has 2 rings (SSSR count). The van der Waals surface area contributed by atoms with Gasteiger partial charge in [-0.05, 0) is 40.9 Å². The molecule has 2 heterocycles. The molecule has 0 saturated carbocycles. The molecule has 14 heavy (non-hydrogen) atoms. The molecule has 2 aromatic heterocycles. The first-order valence-electron chi connectivity index (χ1n) is 4.62. The van der Waals surface area contributed by atoms with E-state index in [1.54, 1.807) is 0 Å². The molecule has 0 aromatic carbocycles. The van der Waals surface area contributed by atoms with Crippen LogP contribution in [0.1, 0.15) is 0 Å². The van der Waals surface area contributed by atoms with Crippen molar-refractivity contribution in [3.8, 4) is 0 Å². The van der Waals surface area contributed by atoms with Gasteiger partial charge in [0.15, 0.2) is 8.24 Å². The van der Waals surface area contributed by atoms with Crippen molar-refractivity contribution in [1.82, 2.24) is 9.22 Å². The fourth-order valence-electron chi connectivity index (χ4n) is 1.55. The number of hydrogen-bond acceptors (Lipinski definition) is 1. The number of aromatic nitrogens is 2. The molecule has 0 unspecified atom stereocenters. The Labute approximate surface area is 98.6 Å². The minimum Gasteiger partial charge on any atom is -0.360 e. The van der Waals surface area contributed by atoms with Gasteiger partial charge in [-0.1, -0.05) is 19.6 Å². The van der Waals surface area contributed by atoms with Gasteiger partial charge in [-0.2, -0.15) is 0 Å². The Morgan fingerprint density at radius 3 is 2.64 bits per heavy atom. The van der Waals surface area contributed by atoms with Gasteiger partial charge in [0.05, 0.1) is 0 Å². The molecule has 0 bridgehead atoms. The summed E-state index contributed by atoms with van der Waals surface area (Å²) in [5, 5.41) is 1.27. The molecule has 2 aromatic rings. The molecule has 4 heteroatoms. The largest absolute Gasteiger partial charge is 0.360 e. The highest BCUT2D eigenvalue weighted by molar-refractivity contribution is 14.1. The lowest BCUT2D eigenvalue weighted by Gasteiger charge is -2.19. The molecule has 0 spiro atoms. The Morgan fingerprint density at radius 1 is 1.29 bits per heavy atom. The van der Waals surface area contributed by atoms with E-state index < -0.39 is 8.24 Å². The smallest absolute Gasteiger partial charge is 0.154 e. The SMILES string of the molecule is C[Si](C)(C)n1ccc2c(I)ccnc21. The van der Waals surface area contributed by atoms with E-state index in [1.165, 1.54) is 8.96 Å². The number of fused-ring (bicyclic) bond motifs is 1. The van der Waals surface area contributed by atoms with E-state index in [1.807, 2.05) is 6.20 Å². The van der Waals surface area contributed by atoms with Gasteiger partial charge in [-0.15, -0.1) is 0 Å². The van der Waals surface area contributed by atoms with Crippen molar-refractivity contribution < 1.29 is 0 Å². The predicted octanol–water partition coefficient (Wildman–Crippen LogP) is 3.32. The highest BCUT2D eigenvalue weighted by atomic mass is 127. The van der Waals surface area contributed by atoms with Crippen molar-refractivity contribution in [2.24, 2.45) is 0 Å². The van der Waals surface area contributed by atoms with E-state index >= 15 is 0 Å². The van der Waals surface area contributed by atoms with E-state index in [-0.39, 0.29) is 0 Å². The predicted molar refractivity (Wildman–Crippen MR) is 71.2 cm³/mol. The summed E-state index contributed by atoms with van der Waals surface area (Å²) in [6, 6.07) is 4.22. The summed E-state index contributed by atoms with van der Waals surface area (Å²) < 4.78 is 3.63. The van der Waals surface area contributed by atoms with Crippen LogP contribution in [0.25, 0.3) is 11.0 Å². The third-order valence-electron chi connectivity index (χ3n) is 2.26. The second-order valence-corrected chi connectivity index (χ2v) is 10.4. The lowest BCUT2D eigenvalue weighted by molar-refractivity contribution is 1.15. The molecule has 0 aliphatic rings. The summed E-state index contributed by atoms with van der Waals surface area (Å²) in [6.45, 7) is 6.98. The molecule has 2 nitrogen and oxygen atoms in total. The van der Waals surface area contributed by atoms with Gasteiger partial charge in [0.25, 0.3) is 0 Å². The minimum absolute atomic E-state index is 1.14. The Kier molecular flexibility index (Phi) is 2.42. The summed E-state index contributed by atoms with van der Waals surface area (Å²) in [5.74, 6) is 0. The van der Waals surface area contributed by atoms with E-state index in [0.717, 1.165) is 5.65 Å². The quantitative estimate of drug-likeness (QED) is 0.583. The topological polar surface area (TPSA) is 17.8 Å². The third-order valence-corrected chi connectivity index (χ3v) is 5.00. The molecular weight excluding hydrogens is 303 g/mol. The van der Waals surface area contributed by atoms with Crippen LogP contribution in [0.3, 0.4) is 0 Å². The molecule has 0 N–H and O–H groups in total. The average molecular weight is 316 g/mol. The molecular formula is C10H13IN2Si. The van der Waals surface area contributed by atoms with Gasteiger partial charge < -0.3 is 4.23 Å². The van der Waals surface area contributed by atoms with Gasteiger partial charge in [0.1, 0.15) is 5.65 Å². The van der Waals surface area contributed by atoms with Crippen LogP contribution in [0.5, 0.6) is 0 Å². The van der Waals surface area contributed by atoms with Crippen LogP contribution in [0.2, 0.25) is 19.6 Å². The van der Waals surface area contributed by atoms with Crippen LogP contribution in [-0.2, 0) is 0 Å². The molecule has 0 fully saturated rings. The maximum atomic E-state index is 4.46. The molecule has 0 amide bonds. The second kappa shape index (κ2) is 3.34. The third kappa shape index (κ3) is 1.61. The first-order valence-corrected chi connectivity index (χ1v) is 9.15. The Balaban J connectivity index is 2.76. The Bertz CT molecular complexity index is 470. The summed E-state index contributed by atoms with van der Waals surface area (Å²) in [7, 11) is -1.32. The zero-order chi connectivity index (χ0) is 10.3. The molecule has 0 saturated heterocycles. The monoisotopic (exact) mass is 316 g/mol. The number of rotatable bonds is 1. The summed E-state index contributed by atoms with van der Waals surface area (Å²) in [5.41, 5.74) is 1.14. The fraction of sp³-hybridized carbons (Fsp3) is 0.300. The highest BCUT2D eigenvalue weighted by Gasteiger charge is 2.19. The summed E-state index contributed by atoms with van der Waals surface area (Å²) in [6.07, 6.45) is 4.06. The van der Waals surface area contributed by atoms with E-state index in [2.05, 4.69) is 69.8 Å². The van der Waals surface area contributed by atoms with Crippen molar-refractivity contribution in [3.63, 3.8) is 0 Å². The summed E-state index contributed by atoms with van der Waals surface area (Å²) >= 11 is 2.36. The van der Waals surface area contributed by atoms with Crippen LogP contribution < -0.4 is 0 Å². The number of halogens is 1. The first-order chi connectivity index (χ1) is 6.50. The molecule has 0 aliphatic heterocycles. The van der Waals surface area contributed by atoms with Crippen molar-refractivity contribution in [1.29, 1.82) is 0 Å². The van der Waals surface area contributed by atoms with Crippen LogP contribution in [0.4, 0.5) is 0 Å². The van der Waals surface area contributed by atoms with Crippen molar-refractivity contribution in [2.45, 2.75) is 19.6 Å². The normalized spacial score (nSPS) is 12.3. The highest BCUT2D eigenvalue weighted by Crippen LogP contribution is 2.22. The van der Waals surface area contributed by atoms with Gasteiger partial charge in [-0.25, -0.2) is 4.98 Å². The van der Waals surface area contributed by atoms with E-state index in [4.69, 9.17) is 0 Å². The van der Waals surface area contributed by atoms with Crippen molar-refractivity contribution >= 4 is 41.9 Å². The van der Waals surface area contributed by atoms with E-state index in [0.29, 0.717) is 0 Å². The average Bonchev–Trinajstić information content (AvgIpc) is 2.47. The lowest BCUT2D eigenvalue weighted by atomic mass is 10.3. The zero-order valence-corrected chi connectivity index (χ0v) is 11.7. The van der Waals surface area contributed by atoms with Gasteiger partial charge in [-0.3, -0.25) is 0 Å². The number of nitrogens with zero attached hydrogens (tertiary/aromatic N) is 2. The van der Waals surface area contributed by atoms with Crippen LogP contribution >= 0.6 is 22.6 Å². The number of hydrogen-bond donors (Lipinski definition) is 0.